The molecule has 3 fully saturated rings. The summed E-state index contributed by atoms with van der Waals surface area (Å²) in [6, 6.07) is 9.41. The Balaban J connectivity index is 1.17. The number of benzene rings is 1. The summed E-state index contributed by atoms with van der Waals surface area (Å²) in [5.74, 6) is 1.34. The predicted octanol–water partition coefficient (Wildman–Crippen LogP) is 2.73. The average Bonchev–Trinajstić information content (AvgIpc) is 3.29. The highest BCUT2D eigenvalue weighted by Crippen LogP contribution is 2.38. The van der Waals surface area contributed by atoms with Crippen LogP contribution in [-0.4, -0.2) is 56.0 Å². The van der Waals surface area contributed by atoms with Gasteiger partial charge in [0.15, 0.2) is 0 Å². The molecule has 2 N–H and O–H groups in total. The van der Waals surface area contributed by atoms with E-state index in [9.17, 15) is 9.59 Å². The Bertz CT molecular complexity index is 945. The normalized spacial score (nSPS) is 27.3. The second kappa shape index (κ2) is 8.18. The van der Waals surface area contributed by atoms with E-state index < -0.39 is 6.09 Å². The highest BCUT2D eigenvalue weighted by atomic mass is 16.7. The van der Waals surface area contributed by atoms with Crippen LogP contribution in [0.15, 0.2) is 34.7 Å². The molecule has 0 radical (unpaired) electrons. The Hall–Kier alpha value is -3.14. The minimum atomic E-state index is -0.990. The predicted molar refractivity (Wildman–Crippen MR) is 107 cm³/mol. The van der Waals surface area contributed by atoms with Crippen LogP contribution in [0.5, 0.6) is 0 Å². The summed E-state index contributed by atoms with van der Waals surface area (Å²) in [5, 5.41) is 21.1. The molecule has 1 aromatic carbocycles. The maximum Gasteiger partial charge on any atom is 0.404 e. The molecule has 31 heavy (non-hydrogen) atoms. The van der Waals surface area contributed by atoms with E-state index in [1.165, 1.54) is 5.06 Å². The van der Waals surface area contributed by atoms with Crippen LogP contribution in [0, 0.1) is 5.92 Å². The van der Waals surface area contributed by atoms with Crippen molar-refractivity contribution in [2.45, 2.75) is 56.8 Å². The molecule has 1 aliphatic carbocycles. The first-order valence-corrected chi connectivity index (χ1v) is 10.6. The van der Waals surface area contributed by atoms with Gasteiger partial charge in [-0.15, -0.1) is 10.2 Å². The minimum absolute atomic E-state index is 0.00394. The lowest BCUT2D eigenvalue weighted by Crippen LogP contribution is -2.44. The molecule has 2 atom stereocenters. The molecule has 3 amide bonds. The van der Waals surface area contributed by atoms with Crippen LogP contribution in [0.1, 0.15) is 49.1 Å². The zero-order chi connectivity index (χ0) is 21.4. The molecular weight excluding hydrogens is 402 g/mol. The van der Waals surface area contributed by atoms with E-state index >= 15 is 0 Å². The second-order valence-corrected chi connectivity index (χ2v) is 8.49. The Morgan fingerprint density at radius 1 is 1.23 bits per heavy atom. The van der Waals surface area contributed by atoms with E-state index in [1.807, 2.05) is 30.3 Å². The van der Waals surface area contributed by atoms with Crippen molar-refractivity contribution in [3.05, 3.63) is 47.7 Å². The lowest BCUT2D eigenvalue weighted by molar-refractivity contribution is -0.140. The van der Waals surface area contributed by atoms with Gasteiger partial charge in [-0.25, -0.2) is 9.59 Å². The van der Waals surface area contributed by atoms with Gasteiger partial charge in [0, 0.05) is 19.0 Å². The van der Waals surface area contributed by atoms with E-state index in [1.54, 1.807) is 4.90 Å². The van der Waals surface area contributed by atoms with Crippen molar-refractivity contribution in [3.8, 4) is 0 Å². The summed E-state index contributed by atoms with van der Waals surface area (Å²) in [6.45, 7) is 0.937. The van der Waals surface area contributed by atoms with Crippen LogP contribution in [0.4, 0.5) is 9.59 Å². The van der Waals surface area contributed by atoms with Crippen molar-refractivity contribution in [2.24, 2.45) is 5.92 Å². The molecule has 10 nitrogen and oxygen atoms in total. The number of nitrogens with zero attached hydrogens (tertiary/aromatic N) is 4. The largest absolute Gasteiger partial charge is 0.465 e. The standard InChI is InChI=1S/C21H25N5O5/c27-20(28)22-15-8-14(9-15)10-18-23-24-19(31-18)17-7-6-16-11-25(17)21(29)26(16)30-12-13-4-2-1-3-5-13/h1-5,14-17,22H,6-12H2,(H,27,28)/t14?,15?,16-,17+/m1/s1. The van der Waals surface area contributed by atoms with Gasteiger partial charge in [0.25, 0.3) is 0 Å². The van der Waals surface area contributed by atoms with E-state index in [0.717, 1.165) is 31.2 Å². The summed E-state index contributed by atoms with van der Waals surface area (Å²) in [5.41, 5.74) is 1.02. The van der Waals surface area contributed by atoms with Gasteiger partial charge in [-0.2, -0.15) is 5.06 Å². The van der Waals surface area contributed by atoms with E-state index in [2.05, 4.69) is 15.5 Å². The number of hydrogen-bond donors (Lipinski definition) is 2. The number of aromatic nitrogens is 2. The number of hydroxylamine groups is 2. The minimum Gasteiger partial charge on any atom is -0.465 e. The number of hydrogen-bond acceptors (Lipinski definition) is 6. The third kappa shape index (κ3) is 4.07. The first-order valence-electron chi connectivity index (χ1n) is 10.6. The lowest BCUT2D eigenvalue weighted by Gasteiger charge is -2.34. The summed E-state index contributed by atoms with van der Waals surface area (Å²) in [4.78, 5) is 31.2. The molecule has 3 aliphatic rings. The van der Waals surface area contributed by atoms with E-state index in [0.29, 0.717) is 37.3 Å². The van der Waals surface area contributed by atoms with Crippen molar-refractivity contribution in [2.75, 3.05) is 6.54 Å². The van der Waals surface area contributed by atoms with Crippen molar-refractivity contribution >= 4 is 12.1 Å². The number of urea groups is 1. The molecule has 0 unspecified atom stereocenters. The molecule has 10 heteroatoms. The highest BCUT2D eigenvalue weighted by Gasteiger charge is 2.47. The van der Waals surface area contributed by atoms with Crippen molar-refractivity contribution in [1.29, 1.82) is 0 Å². The fraction of sp³-hybridized carbons (Fsp3) is 0.524. The SMILES string of the molecule is O=C(O)NC1CC(Cc2nnc([C@@H]3CC[C@@H]4CN3C(=O)N4OCc3ccccc3)o2)C1. The molecule has 1 aromatic heterocycles. The summed E-state index contributed by atoms with van der Waals surface area (Å²) < 4.78 is 5.90. The zero-order valence-corrected chi connectivity index (χ0v) is 17.0. The first kappa shape index (κ1) is 19.8. The van der Waals surface area contributed by atoms with Gasteiger partial charge in [-0.3, -0.25) is 4.84 Å². The second-order valence-electron chi connectivity index (χ2n) is 8.49. The summed E-state index contributed by atoms with van der Waals surface area (Å²) in [7, 11) is 0. The van der Waals surface area contributed by atoms with Gasteiger partial charge in [-0.1, -0.05) is 30.3 Å². The van der Waals surface area contributed by atoms with Crippen LogP contribution < -0.4 is 5.32 Å². The van der Waals surface area contributed by atoms with Crippen LogP contribution in [0.3, 0.4) is 0 Å². The lowest BCUT2D eigenvalue weighted by atomic mass is 9.78. The molecule has 3 heterocycles. The molecule has 164 valence electrons. The number of carbonyl (C=O) groups is 2. The molecule has 2 aliphatic heterocycles. The zero-order valence-electron chi connectivity index (χ0n) is 17.0. The topological polar surface area (TPSA) is 121 Å². The molecule has 2 aromatic rings. The maximum absolute atomic E-state index is 12.9. The van der Waals surface area contributed by atoms with Gasteiger partial charge in [0.1, 0.15) is 12.6 Å². The van der Waals surface area contributed by atoms with Crippen LogP contribution >= 0.6 is 0 Å². The Labute approximate surface area is 179 Å². The third-order valence-corrected chi connectivity index (χ3v) is 6.33. The highest BCUT2D eigenvalue weighted by molar-refractivity contribution is 5.77. The Kier molecular flexibility index (Phi) is 5.23. The first-order chi connectivity index (χ1) is 15.1. The Morgan fingerprint density at radius 2 is 2.03 bits per heavy atom. The number of carboxylic acid groups (broad SMARTS) is 1. The van der Waals surface area contributed by atoms with E-state index in [-0.39, 0.29) is 24.2 Å². The van der Waals surface area contributed by atoms with Gasteiger partial charge < -0.3 is 19.7 Å². The average molecular weight is 427 g/mol. The molecular formula is C21H25N5O5. The molecule has 2 bridgehead atoms. The number of amides is 3. The maximum atomic E-state index is 12.9. The van der Waals surface area contributed by atoms with Crippen LogP contribution in [-0.2, 0) is 17.9 Å². The number of rotatable bonds is 7. The van der Waals surface area contributed by atoms with Gasteiger partial charge in [0.05, 0.1) is 6.04 Å². The molecule has 2 saturated heterocycles. The van der Waals surface area contributed by atoms with Crippen LogP contribution in [0.25, 0.3) is 0 Å². The fourth-order valence-electron chi connectivity index (χ4n) is 4.70. The van der Waals surface area contributed by atoms with Crippen molar-refractivity contribution in [1.82, 2.24) is 25.5 Å². The smallest absolute Gasteiger partial charge is 0.404 e. The summed E-state index contributed by atoms with van der Waals surface area (Å²) >= 11 is 0. The van der Waals surface area contributed by atoms with Crippen molar-refractivity contribution < 1.29 is 24.0 Å². The van der Waals surface area contributed by atoms with Crippen LogP contribution in [0.2, 0.25) is 0 Å². The fourth-order valence-corrected chi connectivity index (χ4v) is 4.70. The molecule has 1 saturated carbocycles. The summed E-state index contributed by atoms with van der Waals surface area (Å²) in [6.07, 6.45) is 2.74. The third-order valence-electron chi connectivity index (χ3n) is 6.33. The molecule has 0 spiro atoms. The van der Waals surface area contributed by atoms with Crippen molar-refractivity contribution in [3.63, 3.8) is 0 Å². The number of piperidine rings is 1. The van der Waals surface area contributed by atoms with Gasteiger partial charge >= 0.3 is 12.1 Å². The molecule has 5 rings (SSSR count). The Morgan fingerprint density at radius 3 is 2.81 bits per heavy atom. The number of carbonyl (C=O) groups excluding carboxylic acids is 1. The van der Waals surface area contributed by atoms with E-state index in [4.69, 9.17) is 14.4 Å². The monoisotopic (exact) mass is 427 g/mol. The number of nitrogens with one attached hydrogen (secondary N) is 1. The quantitative estimate of drug-likeness (QED) is 0.697. The number of fused-ring (bicyclic) bond motifs is 2. The van der Waals surface area contributed by atoms with Gasteiger partial charge in [0.2, 0.25) is 11.8 Å². The van der Waals surface area contributed by atoms with Gasteiger partial charge in [-0.05, 0) is 37.2 Å².